The maximum absolute atomic E-state index is 12.0. The van der Waals surface area contributed by atoms with Crippen LogP contribution < -0.4 is 4.72 Å². The monoisotopic (exact) mass is 287 g/mol. The molecule has 0 aliphatic heterocycles. The summed E-state index contributed by atoms with van der Waals surface area (Å²) in [6, 6.07) is 1.40. The Morgan fingerprint density at radius 2 is 2.28 bits per heavy atom. The van der Waals surface area contributed by atoms with Gasteiger partial charge in [-0.05, 0) is 18.4 Å². The Bertz CT molecular complexity index is 686. The molecule has 0 atom stereocenters. The zero-order valence-electron chi connectivity index (χ0n) is 9.17. The molecule has 9 heteroatoms. The molecule has 96 valence electrons. The Labute approximate surface area is 107 Å². The van der Waals surface area contributed by atoms with Gasteiger partial charge in [0.15, 0.2) is 0 Å². The van der Waals surface area contributed by atoms with E-state index in [2.05, 4.69) is 14.9 Å². The molecule has 0 unspecified atom stereocenters. The molecule has 0 aromatic carbocycles. The van der Waals surface area contributed by atoms with E-state index in [1.54, 1.807) is 6.92 Å². The lowest BCUT2D eigenvalue weighted by Gasteiger charge is -2.06. The molecule has 2 aromatic rings. The number of nitrogens with zero attached hydrogens (tertiary/aromatic N) is 1. The summed E-state index contributed by atoms with van der Waals surface area (Å²) in [6.45, 7) is 1.56. The Kier molecular flexibility index (Phi) is 3.09. The van der Waals surface area contributed by atoms with Gasteiger partial charge in [0, 0.05) is 0 Å². The molecule has 7 nitrogen and oxygen atoms in total. The van der Waals surface area contributed by atoms with Crippen LogP contribution in [0.25, 0.3) is 0 Å². The lowest BCUT2D eigenvalue weighted by atomic mass is 10.4. The molecule has 3 N–H and O–H groups in total. The first-order valence-electron chi connectivity index (χ1n) is 4.75. The van der Waals surface area contributed by atoms with Gasteiger partial charge < -0.3 is 5.11 Å². The highest BCUT2D eigenvalue weighted by Crippen LogP contribution is 2.25. The smallest absolute Gasteiger partial charge is 0.348 e. The predicted molar refractivity (Wildman–Crippen MR) is 65.4 cm³/mol. The molecule has 0 bridgehead atoms. The summed E-state index contributed by atoms with van der Waals surface area (Å²) in [5.74, 6) is -1.17. The second-order valence-corrected chi connectivity index (χ2v) is 6.00. The number of aromatic amines is 1. The van der Waals surface area contributed by atoms with Crippen LogP contribution in [0.1, 0.15) is 15.4 Å². The maximum Gasteiger partial charge on any atom is 0.348 e. The first-order valence-corrected chi connectivity index (χ1v) is 7.11. The molecule has 0 spiro atoms. The summed E-state index contributed by atoms with van der Waals surface area (Å²) in [7, 11) is -3.83. The quantitative estimate of drug-likeness (QED) is 0.784. The maximum atomic E-state index is 12.0. The molecule has 0 aliphatic carbocycles. The van der Waals surface area contributed by atoms with Gasteiger partial charge in [-0.3, -0.25) is 9.82 Å². The molecular formula is C9H9N3O4S2. The van der Waals surface area contributed by atoms with Gasteiger partial charge in [0.1, 0.15) is 9.77 Å². The molecule has 2 heterocycles. The van der Waals surface area contributed by atoms with Crippen LogP contribution in [-0.2, 0) is 10.0 Å². The van der Waals surface area contributed by atoms with Gasteiger partial charge in [0.25, 0.3) is 10.0 Å². The van der Waals surface area contributed by atoms with Crippen molar-refractivity contribution in [3.63, 3.8) is 0 Å². The van der Waals surface area contributed by atoms with Crippen LogP contribution in [0, 0.1) is 6.92 Å². The fourth-order valence-electron chi connectivity index (χ4n) is 1.37. The molecule has 18 heavy (non-hydrogen) atoms. The molecule has 0 aliphatic rings. The van der Waals surface area contributed by atoms with Crippen LogP contribution in [-0.4, -0.2) is 29.7 Å². The van der Waals surface area contributed by atoms with E-state index in [-0.39, 0.29) is 15.5 Å². The Morgan fingerprint density at radius 3 is 2.83 bits per heavy atom. The number of hydrogen-bond acceptors (Lipinski definition) is 5. The van der Waals surface area contributed by atoms with Crippen LogP contribution in [0.5, 0.6) is 0 Å². The molecule has 0 amide bonds. The molecule has 2 aromatic heterocycles. The highest BCUT2D eigenvalue weighted by molar-refractivity contribution is 7.92. The minimum Gasteiger partial charge on any atom is -0.477 e. The van der Waals surface area contributed by atoms with E-state index in [0.29, 0.717) is 5.69 Å². The van der Waals surface area contributed by atoms with Crippen molar-refractivity contribution in [3.8, 4) is 0 Å². The third-order valence-electron chi connectivity index (χ3n) is 2.18. The van der Waals surface area contributed by atoms with Gasteiger partial charge in [-0.25, -0.2) is 13.2 Å². The number of rotatable bonds is 4. The van der Waals surface area contributed by atoms with Crippen molar-refractivity contribution < 1.29 is 18.3 Å². The first-order chi connectivity index (χ1) is 8.42. The van der Waals surface area contributed by atoms with Crippen molar-refractivity contribution in [2.24, 2.45) is 0 Å². The van der Waals surface area contributed by atoms with E-state index in [1.165, 1.54) is 17.6 Å². The highest BCUT2D eigenvalue weighted by Gasteiger charge is 2.22. The SMILES string of the molecule is Cc1[nH]ncc1S(=O)(=O)Nc1ccsc1C(=O)O. The van der Waals surface area contributed by atoms with E-state index < -0.39 is 16.0 Å². The van der Waals surface area contributed by atoms with Gasteiger partial charge in [0.05, 0.1) is 17.6 Å². The zero-order valence-corrected chi connectivity index (χ0v) is 10.8. The normalized spacial score (nSPS) is 11.4. The fraction of sp³-hybridized carbons (Fsp3) is 0.111. The van der Waals surface area contributed by atoms with Crippen molar-refractivity contribution in [2.75, 3.05) is 4.72 Å². The van der Waals surface area contributed by atoms with Crippen molar-refractivity contribution in [1.82, 2.24) is 10.2 Å². The van der Waals surface area contributed by atoms with E-state index in [1.807, 2.05) is 0 Å². The lowest BCUT2D eigenvalue weighted by Crippen LogP contribution is -2.14. The minimum absolute atomic E-state index is 0.00922. The molecule has 0 saturated heterocycles. The summed E-state index contributed by atoms with van der Waals surface area (Å²) in [4.78, 5) is 10.8. The van der Waals surface area contributed by atoms with E-state index in [4.69, 9.17) is 5.11 Å². The number of carboxylic acid groups (broad SMARTS) is 1. The number of nitrogens with one attached hydrogen (secondary N) is 2. The average Bonchev–Trinajstić information content (AvgIpc) is 2.86. The van der Waals surface area contributed by atoms with Crippen LogP contribution in [0.4, 0.5) is 5.69 Å². The summed E-state index contributed by atoms with van der Waals surface area (Å²) < 4.78 is 26.2. The number of sulfonamides is 1. The largest absolute Gasteiger partial charge is 0.477 e. The third kappa shape index (κ3) is 2.22. The topological polar surface area (TPSA) is 112 Å². The van der Waals surface area contributed by atoms with E-state index in [9.17, 15) is 13.2 Å². The second kappa shape index (κ2) is 4.42. The predicted octanol–water partition coefficient (Wildman–Crippen LogP) is 1.28. The molecular weight excluding hydrogens is 278 g/mol. The Hall–Kier alpha value is -1.87. The number of H-pyrrole nitrogens is 1. The van der Waals surface area contributed by atoms with Crippen molar-refractivity contribution in [1.29, 1.82) is 0 Å². The van der Waals surface area contributed by atoms with Crippen LogP contribution in [0.15, 0.2) is 22.5 Å². The summed E-state index contributed by atoms with van der Waals surface area (Å²) in [5.41, 5.74) is 0.433. The zero-order chi connectivity index (χ0) is 13.3. The van der Waals surface area contributed by atoms with Gasteiger partial charge in [-0.1, -0.05) is 0 Å². The average molecular weight is 287 g/mol. The second-order valence-electron chi connectivity index (χ2n) is 3.43. The summed E-state index contributed by atoms with van der Waals surface area (Å²) >= 11 is 0.950. The van der Waals surface area contributed by atoms with Crippen LogP contribution >= 0.6 is 11.3 Å². The number of aromatic carboxylic acids is 1. The molecule has 0 fully saturated rings. The summed E-state index contributed by atoms with van der Waals surface area (Å²) in [6.07, 6.45) is 1.17. The Balaban J connectivity index is 2.37. The van der Waals surface area contributed by atoms with Crippen LogP contribution in [0.2, 0.25) is 0 Å². The van der Waals surface area contributed by atoms with Crippen molar-refractivity contribution >= 4 is 33.0 Å². The fourth-order valence-corrected chi connectivity index (χ4v) is 3.33. The standard InChI is InChI=1S/C9H9N3O4S2/c1-5-7(4-10-11-5)18(15,16)12-6-2-3-17-8(6)9(13)14/h2-4,12H,1H3,(H,10,11)(H,13,14). The van der Waals surface area contributed by atoms with Crippen molar-refractivity contribution in [3.05, 3.63) is 28.2 Å². The number of hydrogen-bond donors (Lipinski definition) is 3. The highest BCUT2D eigenvalue weighted by atomic mass is 32.2. The van der Waals surface area contributed by atoms with Gasteiger partial charge >= 0.3 is 5.97 Å². The van der Waals surface area contributed by atoms with E-state index >= 15 is 0 Å². The molecule has 0 radical (unpaired) electrons. The first kappa shape index (κ1) is 12.6. The van der Waals surface area contributed by atoms with Gasteiger partial charge in [-0.15, -0.1) is 11.3 Å². The molecule has 2 rings (SSSR count). The minimum atomic E-state index is -3.83. The number of aryl methyl sites for hydroxylation is 1. The van der Waals surface area contributed by atoms with Crippen molar-refractivity contribution in [2.45, 2.75) is 11.8 Å². The summed E-state index contributed by atoms with van der Waals surface area (Å²) in [5, 5.41) is 16.5. The number of carboxylic acids is 1. The van der Waals surface area contributed by atoms with Gasteiger partial charge in [-0.2, -0.15) is 5.10 Å². The number of aromatic nitrogens is 2. The third-order valence-corrected chi connectivity index (χ3v) is 4.56. The van der Waals surface area contributed by atoms with Crippen LogP contribution in [0.3, 0.4) is 0 Å². The Morgan fingerprint density at radius 1 is 1.56 bits per heavy atom. The lowest BCUT2D eigenvalue weighted by molar-refractivity contribution is 0.0703. The van der Waals surface area contributed by atoms with Gasteiger partial charge in [0.2, 0.25) is 0 Å². The molecule has 0 saturated carbocycles. The number of anilines is 1. The number of carbonyl (C=O) groups is 1. The van der Waals surface area contributed by atoms with E-state index in [0.717, 1.165) is 11.3 Å². The number of thiophene rings is 1.